The van der Waals surface area contributed by atoms with Gasteiger partial charge in [0.2, 0.25) is 0 Å². The summed E-state index contributed by atoms with van der Waals surface area (Å²) >= 11 is 2.28. The van der Waals surface area contributed by atoms with Crippen molar-refractivity contribution in [1.29, 1.82) is 0 Å². The standard InChI is InChI=1S/C16H22INO/c1-15(2)10-6-7-16(15,3)14(8-10)19-13-5-4-11(17)9-12(13)18/h4-5,9-10,14H,6-8,18H2,1-3H3. The fourth-order valence-corrected chi connectivity index (χ4v) is 4.60. The van der Waals surface area contributed by atoms with Gasteiger partial charge < -0.3 is 10.5 Å². The van der Waals surface area contributed by atoms with Gasteiger partial charge in [-0.1, -0.05) is 20.8 Å². The van der Waals surface area contributed by atoms with Crippen LogP contribution in [0.3, 0.4) is 0 Å². The molecular weight excluding hydrogens is 349 g/mol. The number of fused-ring (bicyclic) bond motifs is 2. The van der Waals surface area contributed by atoms with Gasteiger partial charge in [-0.05, 0) is 71.4 Å². The molecule has 0 heterocycles. The molecule has 0 amide bonds. The molecule has 2 saturated carbocycles. The molecule has 2 nitrogen and oxygen atoms in total. The molecule has 0 aliphatic heterocycles. The van der Waals surface area contributed by atoms with E-state index in [1.54, 1.807) is 0 Å². The topological polar surface area (TPSA) is 35.2 Å². The molecule has 3 unspecified atom stereocenters. The van der Waals surface area contributed by atoms with Crippen LogP contribution in [0.15, 0.2) is 18.2 Å². The Labute approximate surface area is 129 Å². The lowest BCUT2D eigenvalue weighted by molar-refractivity contribution is 0.0306. The maximum atomic E-state index is 6.31. The Hall–Kier alpha value is -0.450. The summed E-state index contributed by atoms with van der Waals surface area (Å²) < 4.78 is 7.46. The summed E-state index contributed by atoms with van der Waals surface area (Å²) in [7, 11) is 0. The summed E-state index contributed by atoms with van der Waals surface area (Å²) in [4.78, 5) is 0. The van der Waals surface area contributed by atoms with Crippen molar-refractivity contribution < 1.29 is 4.74 Å². The monoisotopic (exact) mass is 371 g/mol. The van der Waals surface area contributed by atoms with Gasteiger partial charge in [0.15, 0.2) is 0 Å². The van der Waals surface area contributed by atoms with Crippen LogP contribution < -0.4 is 10.5 Å². The first kappa shape index (κ1) is 13.5. The lowest BCUT2D eigenvalue weighted by Crippen LogP contribution is -2.39. The molecular formula is C16H22INO. The fourth-order valence-electron chi connectivity index (χ4n) is 4.09. The van der Waals surface area contributed by atoms with E-state index < -0.39 is 0 Å². The first-order chi connectivity index (χ1) is 8.84. The number of hydrogen-bond donors (Lipinski definition) is 1. The van der Waals surface area contributed by atoms with E-state index in [-0.39, 0.29) is 5.41 Å². The largest absolute Gasteiger partial charge is 0.488 e. The number of nitrogen functional groups attached to an aromatic ring is 1. The number of anilines is 1. The van der Waals surface area contributed by atoms with Crippen LogP contribution in [0, 0.1) is 20.3 Å². The van der Waals surface area contributed by atoms with E-state index in [0.717, 1.165) is 20.9 Å². The minimum atomic E-state index is 0.285. The summed E-state index contributed by atoms with van der Waals surface area (Å²) in [6.07, 6.45) is 4.11. The predicted molar refractivity (Wildman–Crippen MR) is 87.2 cm³/mol. The lowest BCUT2D eigenvalue weighted by Gasteiger charge is -2.39. The Morgan fingerprint density at radius 3 is 2.58 bits per heavy atom. The molecule has 3 rings (SSSR count). The molecule has 2 N–H and O–H groups in total. The molecule has 2 bridgehead atoms. The molecule has 0 spiro atoms. The number of benzene rings is 1. The average Bonchev–Trinajstić information content (AvgIpc) is 2.65. The highest BCUT2D eigenvalue weighted by molar-refractivity contribution is 14.1. The van der Waals surface area contributed by atoms with Crippen molar-refractivity contribution in [2.24, 2.45) is 16.7 Å². The van der Waals surface area contributed by atoms with E-state index >= 15 is 0 Å². The van der Waals surface area contributed by atoms with Gasteiger partial charge in [0.1, 0.15) is 11.9 Å². The highest BCUT2D eigenvalue weighted by Crippen LogP contribution is 2.66. The summed E-state index contributed by atoms with van der Waals surface area (Å²) in [5.74, 6) is 1.66. The second kappa shape index (κ2) is 4.27. The highest BCUT2D eigenvalue weighted by atomic mass is 127. The van der Waals surface area contributed by atoms with Crippen LogP contribution in [-0.4, -0.2) is 6.10 Å². The van der Waals surface area contributed by atoms with E-state index in [4.69, 9.17) is 10.5 Å². The maximum Gasteiger partial charge on any atom is 0.142 e. The Balaban J connectivity index is 1.86. The molecule has 19 heavy (non-hydrogen) atoms. The first-order valence-electron chi connectivity index (χ1n) is 7.06. The summed E-state index contributed by atoms with van der Waals surface area (Å²) in [6, 6.07) is 6.06. The second-order valence-corrected chi connectivity index (χ2v) is 8.14. The van der Waals surface area contributed by atoms with E-state index in [1.807, 2.05) is 12.1 Å². The van der Waals surface area contributed by atoms with E-state index in [2.05, 4.69) is 49.4 Å². The zero-order chi connectivity index (χ0) is 13.8. The van der Waals surface area contributed by atoms with Crippen molar-refractivity contribution >= 4 is 28.3 Å². The number of ether oxygens (including phenoxy) is 1. The third-order valence-electron chi connectivity index (χ3n) is 5.96. The van der Waals surface area contributed by atoms with Crippen LogP contribution in [0.2, 0.25) is 0 Å². The van der Waals surface area contributed by atoms with E-state index in [0.29, 0.717) is 11.5 Å². The summed E-state index contributed by atoms with van der Waals surface area (Å²) in [5, 5.41) is 0. The Bertz CT molecular complexity index is 513. The Morgan fingerprint density at radius 1 is 1.32 bits per heavy atom. The molecule has 0 aromatic heterocycles. The number of rotatable bonds is 2. The molecule has 0 saturated heterocycles. The minimum absolute atomic E-state index is 0.285. The van der Waals surface area contributed by atoms with Crippen molar-refractivity contribution in [3.63, 3.8) is 0 Å². The van der Waals surface area contributed by atoms with E-state index in [9.17, 15) is 0 Å². The molecule has 3 atom stereocenters. The van der Waals surface area contributed by atoms with Crippen LogP contribution in [-0.2, 0) is 0 Å². The van der Waals surface area contributed by atoms with Crippen molar-refractivity contribution in [1.82, 2.24) is 0 Å². The van der Waals surface area contributed by atoms with Crippen molar-refractivity contribution in [2.75, 3.05) is 5.73 Å². The minimum Gasteiger partial charge on any atom is -0.488 e. The number of hydrogen-bond acceptors (Lipinski definition) is 2. The molecule has 104 valence electrons. The van der Waals surface area contributed by atoms with Crippen LogP contribution in [0.5, 0.6) is 5.75 Å². The van der Waals surface area contributed by atoms with Crippen LogP contribution >= 0.6 is 22.6 Å². The van der Waals surface area contributed by atoms with Crippen LogP contribution in [0.4, 0.5) is 5.69 Å². The lowest BCUT2D eigenvalue weighted by atomic mass is 9.70. The van der Waals surface area contributed by atoms with Gasteiger partial charge in [0.25, 0.3) is 0 Å². The first-order valence-corrected chi connectivity index (χ1v) is 8.14. The van der Waals surface area contributed by atoms with Crippen LogP contribution in [0.1, 0.15) is 40.0 Å². The maximum absolute atomic E-state index is 6.31. The number of nitrogens with two attached hydrogens (primary N) is 1. The van der Waals surface area contributed by atoms with Crippen molar-refractivity contribution in [2.45, 2.75) is 46.1 Å². The van der Waals surface area contributed by atoms with Gasteiger partial charge in [-0.2, -0.15) is 0 Å². The second-order valence-electron chi connectivity index (χ2n) is 6.90. The molecule has 1 aromatic rings. The third kappa shape index (κ3) is 1.88. The quantitative estimate of drug-likeness (QED) is 0.615. The van der Waals surface area contributed by atoms with Crippen molar-refractivity contribution in [3.8, 4) is 5.75 Å². The van der Waals surface area contributed by atoms with E-state index in [1.165, 1.54) is 19.3 Å². The molecule has 2 aliphatic rings. The Morgan fingerprint density at radius 2 is 2.05 bits per heavy atom. The molecule has 1 aromatic carbocycles. The zero-order valence-corrected chi connectivity index (χ0v) is 14.0. The number of halogens is 1. The van der Waals surface area contributed by atoms with Gasteiger partial charge in [-0.25, -0.2) is 0 Å². The smallest absolute Gasteiger partial charge is 0.142 e. The van der Waals surface area contributed by atoms with Gasteiger partial charge in [0, 0.05) is 8.99 Å². The fraction of sp³-hybridized carbons (Fsp3) is 0.625. The normalized spacial score (nSPS) is 35.6. The van der Waals surface area contributed by atoms with Gasteiger partial charge in [-0.15, -0.1) is 0 Å². The summed E-state index contributed by atoms with van der Waals surface area (Å²) in [5.41, 5.74) is 7.51. The highest BCUT2D eigenvalue weighted by Gasteiger charge is 2.62. The third-order valence-corrected chi connectivity index (χ3v) is 6.63. The van der Waals surface area contributed by atoms with Gasteiger partial charge in [0.05, 0.1) is 5.69 Å². The molecule has 2 aliphatic carbocycles. The van der Waals surface area contributed by atoms with Crippen molar-refractivity contribution in [3.05, 3.63) is 21.8 Å². The molecule has 0 radical (unpaired) electrons. The molecule has 2 fully saturated rings. The van der Waals surface area contributed by atoms with Gasteiger partial charge in [-0.3, -0.25) is 0 Å². The average molecular weight is 371 g/mol. The van der Waals surface area contributed by atoms with Crippen LogP contribution in [0.25, 0.3) is 0 Å². The predicted octanol–water partition coefficient (Wildman–Crippen LogP) is 4.47. The zero-order valence-electron chi connectivity index (χ0n) is 11.9. The van der Waals surface area contributed by atoms with Gasteiger partial charge >= 0.3 is 0 Å². The molecule has 3 heteroatoms. The SMILES string of the molecule is CC1(C)C2CCC1(C)C(Oc1ccc(I)cc1N)C2. The Kier molecular flexibility index (Phi) is 3.04. The summed E-state index contributed by atoms with van der Waals surface area (Å²) in [6.45, 7) is 7.21.